The average molecular weight is 360 g/mol. The molecule has 0 fully saturated rings. The van der Waals surface area contributed by atoms with Crippen molar-refractivity contribution in [1.82, 2.24) is 9.55 Å². The molecule has 0 spiro atoms. The number of anilines is 1. The van der Waals surface area contributed by atoms with Gasteiger partial charge in [-0.15, -0.1) is 19.0 Å². The van der Waals surface area contributed by atoms with E-state index < -0.39 is 0 Å². The molecule has 0 saturated carbocycles. The minimum absolute atomic E-state index is 0. The summed E-state index contributed by atoms with van der Waals surface area (Å²) >= 11 is 0. The molecule has 1 atom stereocenters. The highest BCUT2D eigenvalue weighted by Crippen LogP contribution is 2.31. The molecule has 3 rings (SSSR count). The van der Waals surface area contributed by atoms with Gasteiger partial charge in [0.15, 0.2) is 0 Å². The number of nitrogens with zero attached hydrogens (tertiary/aromatic N) is 2. The van der Waals surface area contributed by atoms with E-state index in [9.17, 15) is 4.39 Å². The van der Waals surface area contributed by atoms with Crippen molar-refractivity contribution < 1.29 is 4.39 Å². The maximum Gasteiger partial charge on any atom is 0.123 e. The molecule has 0 saturated heterocycles. The normalized spacial score (nSPS) is 11.8. The van der Waals surface area contributed by atoms with Crippen molar-refractivity contribution in [3.05, 3.63) is 72.0 Å². The van der Waals surface area contributed by atoms with Gasteiger partial charge in [0.25, 0.3) is 0 Å². The second kappa shape index (κ2) is 7.70. The first-order chi connectivity index (χ1) is 11.5. The van der Waals surface area contributed by atoms with Gasteiger partial charge in [-0.05, 0) is 56.7 Å². The van der Waals surface area contributed by atoms with Gasteiger partial charge < -0.3 is 9.88 Å². The third kappa shape index (κ3) is 3.54. The number of fused-ring (bicyclic) bond motifs is 1. The van der Waals surface area contributed by atoms with Crippen molar-refractivity contribution in [3.63, 3.8) is 0 Å². The summed E-state index contributed by atoms with van der Waals surface area (Å²) in [5, 5.41) is 4.62. The molecule has 132 valence electrons. The van der Waals surface area contributed by atoms with Crippen LogP contribution in [-0.2, 0) is 6.54 Å². The van der Waals surface area contributed by atoms with Gasteiger partial charge in [0.2, 0.25) is 0 Å². The molecule has 3 nitrogen and oxygen atoms in total. The first-order valence-corrected chi connectivity index (χ1v) is 8.10. The summed E-state index contributed by atoms with van der Waals surface area (Å²) < 4.78 is 15.3. The molecule has 2 heterocycles. The molecule has 0 bridgehead atoms. The number of nitrogens with one attached hydrogen (secondary N) is 1. The van der Waals surface area contributed by atoms with Crippen LogP contribution in [0.5, 0.6) is 0 Å². The zero-order valence-electron chi connectivity index (χ0n) is 14.7. The fraction of sp³-hybridized carbons (Fsp3) is 0.250. The Morgan fingerprint density at radius 2 is 1.92 bits per heavy atom. The van der Waals surface area contributed by atoms with Crippen molar-refractivity contribution in [2.75, 3.05) is 5.32 Å². The summed E-state index contributed by atoms with van der Waals surface area (Å²) in [7, 11) is 0. The minimum Gasteiger partial charge on any atom is -0.377 e. The Kier molecular flexibility index (Phi) is 5.85. The smallest absolute Gasteiger partial charge is 0.123 e. The standard InChI is InChI=1S/C20H22FN3.ClH/c1-5-12-24-15(4)13(2)18-10-11-22-19(20(18)24)14(3)23-17-8-6-16(21)7-9-17;/h5-11,14,23H,1,12H2,2-4H3;1H. The molecular weight excluding hydrogens is 337 g/mol. The molecular formula is C20H23ClFN3. The summed E-state index contributed by atoms with van der Waals surface area (Å²) in [6.07, 6.45) is 3.76. The SMILES string of the molecule is C=CCn1c(C)c(C)c2ccnc(C(C)Nc3ccc(F)cc3)c21.Cl. The lowest BCUT2D eigenvalue weighted by atomic mass is 10.1. The van der Waals surface area contributed by atoms with Crippen molar-refractivity contribution in [2.45, 2.75) is 33.4 Å². The van der Waals surface area contributed by atoms with Crippen LogP contribution < -0.4 is 5.32 Å². The van der Waals surface area contributed by atoms with E-state index in [0.29, 0.717) is 0 Å². The zero-order valence-corrected chi connectivity index (χ0v) is 15.5. The van der Waals surface area contributed by atoms with Crippen LogP contribution in [0.3, 0.4) is 0 Å². The summed E-state index contributed by atoms with van der Waals surface area (Å²) in [6.45, 7) is 11.0. The van der Waals surface area contributed by atoms with Gasteiger partial charge in [-0.3, -0.25) is 4.98 Å². The van der Waals surface area contributed by atoms with E-state index in [0.717, 1.165) is 23.4 Å². The molecule has 2 aromatic heterocycles. The number of halogens is 2. The second-order valence-electron chi connectivity index (χ2n) is 6.07. The number of rotatable bonds is 5. The number of hydrogen-bond donors (Lipinski definition) is 1. The zero-order chi connectivity index (χ0) is 17.3. The highest BCUT2D eigenvalue weighted by atomic mass is 35.5. The molecule has 0 radical (unpaired) electrons. The Bertz CT molecular complexity index is 884. The van der Waals surface area contributed by atoms with Crippen molar-refractivity contribution in [2.24, 2.45) is 0 Å². The quantitative estimate of drug-likeness (QED) is 0.603. The fourth-order valence-corrected chi connectivity index (χ4v) is 3.16. The maximum atomic E-state index is 13.1. The first kappa shape index (κ1) is 19.0. The van der Waals surface area contributed by atoms with Gasteiger partial charge in [0, 0.05) is 29.5 Å². The molecule has 0 aliphatic carbocycles. The van der Waals surface area contributed by atoms with Gasteiger partial charge >= 0.3 is 0 Å². The Balaban J connectivity index is 0.00000225. The van der Waals surface area contributed by atoms with Gasteiger partial charge in [0.05, 0.1) is 17.3 Å². The van der Waals surface area contributed by atoms with Gasteiger partial charge in [-0.25, -0.2) is 4.39 Å². The van der Waals surface area contributed by atoms with Crippen LogP contribution in [0.1, 0.15) is 29.9 Å². The average Bonchev–Trinajstić information content (AvgIpc) is 2.82. The van der Waals surface area contributed by atoms with Crippen molar-refractivity contribution in [3.8, 4) is 0 Å². The van der Waals surface area contributed by atoms with Gasteiger partial charge in [-0.1, -0.05) is 6.08 Å². The molecule has 5 heteroatoms. The van der Waals surface area contributed by atoms with Gasteiger partial charge in [0.1, 0.15) is 5.82 Å². The van der Waals surface area contributed by atoms with E-state index in [1.54, 1.807) is 12.1 Å². The predicted octanol–water partition coefficient (Wildman–Crippen LogP) is 5.57. The fourth-order valence-electron chi connectivity index (χ4n) is 3.16. The van der Waals surface area contributed by atoms with Crippen LogP contribution in [-0.4, -0.2) is 9.55 Å². The second-order valence-corrected chi connectivity index (χ2v) is 6.07. The summed E-state index contributed by atoms with van der Waals surface area (Å²) in [4.78, 5) is 4.63. The van der Waals surface area contributed by atoms with Crippen LogP contribution >= 0.6 is 12.4 Å². The van der Waals surface area contributed by atoms with E-state index >= 15 is 0 Å². The molecule has 3 aromatic rings. The van der Waals surface area contributed by atoms with Gasteiger partial charge in [-0.2, -0.15) is 0 Å². The van der Waals surface area contributed by atoms with Crippen LogP contribution in [0.4, 0.5) is 10.1 Å². The third-order valence-corrected chi connectivity index (χ3v) is 4.52. The van der Waals surface area contributed by atoms with Crippen molar-refractivity contribution >= 4 is 29.0 Å². The topological polar surface area (TPSA) is 29.9 Å². The van der Waals surface area contributed by atoms with Crippen LogP contribution in [0.25, 0.3) is 10.9 Å². The first-order valence-electron chi connectivity index (χ1n) is 8.10. The summed E-state index contributed by atoms with van der Waals surface area (Å²) in [5.74, 6) is -0.237. The predicted molar refractivity (Wildman–Crippen MR) is 105 cm³/mol. The number of hydrogen-bond acceptors (Lipinski definition) is 2. The van der Waals surface area contributed by atoms with Crippen LogP contribution in [0.2, 0.25) is 0 Å². The largest absolute Gasteiger partial charge is 0.377 e. The number of aryl methyl sites for hydroxylation is 1. The monoisotopic (exact) mass is 359 g/mol. The van der Waals surface area contributed by atoms with Crippen LogP contribution in [0.15, 0.2) is 49.2 Å². The van der Waals surface area contributed by atoms with E-state index in [1.165, 1.54) is 28.8 Å². The summed E-state index contributed by atoms with van der Waals surface area (Å²) in [6, 6.07) is 8.45. The Morgan fingerprint density at radius 1 is 1.24 bits per heavy atom. The molecule has 0 amide bonds. The van der Waals surface area contributed by atoms with E-state index in [4.69, 9.17) is 0 Å². The lowest BCUT2D eigenvalue weighted by Gasteiger charge is -2.17. The molecule has 1 aromatic carbocycles. The molecule has 1 N–H and O–H groups in total. The molecule has 0 aliphatic rings. The number of benzene rings is 1. The lowest BCUT2D eigenvalue weighted by Crippen LogP contribution is -2.11. The Hall–Kier alpha value is -2.33. The molecule has 0 aliphatic heterocycles. The van der Waals surface area contributed by atoms with E-state index in [1.807, 2.05) is 12.3 Å². The number of pyridine rings is 1. The number of allylic oxidation sites excluding steroid dienone is 1. The minimum atomic E-state index is -0.237. The highest BCUT2D eigenvalue weighted by molar-refractivity contribution is 5.87. The highest BCUT2D eigenvalue weighted by Gasteiger charge is 2.18. The van der Waals surface area contributed by atoms with Crippen molar-refractivity contribution in [1.29, 1.82) is 0 Å². The molecule has 25 heavy (non-hydrogen) atoms. The van der Waals surface area contributed by atoms with Crippen LogP contribution in [0, 0.1) is 19.7 Å². The third-order valence-electron chi connectivity index (χ3n) is 4.52. The molecule has 1 unspecified atom stereocenters. The van der Waals surface area contributed by atoms with E-state index in [-0.39, 0.29) is 24.3 Å². The number of aromatic nitrogens is 2. The van der Waals surface area contributed by atoms with E-state index in [2.05, 4.69) is 48.3 Å². The Morgan fingerprint density at radius 3 is 2.56 bits per heavy atom. The summed E-state index contributed by atoms with van der Waals surface area (Å²) in [5.41, 5.74) is 5.49. The maximum absolute atomic E-state index is 13.1. The Labute approximate surface area is 154 Å². The lowest BCUT2D eigenvalue weighted by molar-refractivity contribution is 0.628.